The number of hydrogen-bond acceptors (Lipinski definition) is 2. The summed E-state index contributed by atoms with van der Waals surface area (Å²) in [5, 5.41) is 9.72. The second-order valence-corrected chi connectivity index (χ2v) is 50.6. The van der Waals surface area contributed by atoms with E-state index >= 15 is 0 Å². The van der Waals surface area contributed by atoms with Crippen molar-refractivity contribution in [3.63, 3.8) is 0 Å². The highest BCUT2D eigenvalue weighted by molar-refractivity contribution is 7.89. The van der Waals surface area contributed by atoms with E-state index in [4.69, 9.17) is 11.5 Å². The van der Waals surface area contributed by atoms with E-state index in [9.17, 15) is 5.11 Å². The van der Waals surface area contributed by atoms with Gasteiger partial charge in [-0.1, -0.05) is 58.9 Å². The third-order valence-corrected chi connectivity index (χ3v) is 79.4. The van der Waals surface area contributed by atoms with Gasteiger partial charge in [-0.15, -0.1) is 0 Å². The molecule has 0 aliphatic rings. The highest BCUT2D eigenvalue weighted by atomic mass is 29.9. The summed E-state index contributed by atoms with van der Waals surface area (Å²) in [6.45, 7) is 22.5. The van der Waals surface area contributed by atoms with Crippen LogP contribution in [0.5, 0.6) is 0 Å². The minimum atomic E-state index is -1.58. The van der Waals surface area contributed by atoms with Gasteiger partial charge in [0.05, 0.1) is 0 Å². The maximum Gasteiger partial charge on any atom is 0.185 e. The van der Waals surface area contributed by atoms with E-state index in [1.54, 1.807) is 0 Å². The monoisotopic (exact) mass is 377 g/mol. The molecule has 132 valence electrons. The Morgan fingerprint density at radius 1 is 0.864 bits per heavy atom. The van der Waals surface area contributed by atoms with Crippen molar-refractivity contribution < 1.29 is 5.11 Å². The highest BCUT2D eigenvalue weighted by Crippen LogP contribution is 2.46. The number of aliphatic hydroxyl groups excluding tert-OH is 1. The summed E-state index contributed by atoms with van der Waals surface area (Å²) in [4.78, 5) is 4.41. The molecule has 0 aromatic heterocycles. The number of hydrogen-bond donors (Lipinski definition) is 3. The molecule has 22 heavy (non-hydrogen) atoms. The molecule has 0 aromatic carbocycles. The third-order valence-electron chi connectivity index (χ3n) is 5.13. The fourth-order valence-electron chi connectivity index (χ4n) is 6.03. The lowest BCUT2D eigenvalue weighted by molar-refractivity contribution is 0.285. The topological polar surface area (TPSA) is 84.6 Å². The van der Waals surface area contributed by atoms with Crippen molar-refractivity contribution in [2.75, 3.05) is 13.2 Å². The number of nitrogens with two attached hydrogens (primary N) is 2. The summed E-state index contributed by atoms with van der Waals surface area (Å²) < 4.78 is 0. The van der Waals surface area contributed by atoms with E-state index in [2.05, 4.69) is 63.9 Å². The van der Waals surface area contributed by atoms with Gasteiger partial charge >= 0.3 is 0 Å². The summed E-state index contributed by atoms with van der Waals surface area (Å²) in [6, 6.07) is 0. The maximum atomic E-state index is 9.72. The fraction of sp³-hybridized carbons (Fsp3) is 0.929. The second-order valence-electron chi connectivity index (χ2n) is 9.53. The number of aliphatic hydroxyl groups is 1. The van der Waals surface area contributed by atoms with Gasteiger partial charge in [-0.3, -0.25) is 4.99 Å². The molecule has 1 unspecified atom stereocenters. The Bertz CT molecular complexity index is 354. The average molecular weight is 378 g/mol. The predicted octanol–water partition coefficient (Wildman–Crippen LogP) is 2.71. The van der Waals surface area contributed by atoms with Crippen LogP contribution < -0.4 is 11.5 Å². The zero-order chi connectivity index (χ0) is 18.0. The molecular weight excluding hydrogens is 339 g/mol. The molecular formula is C14H39N3OSi4. The van der Waals surface area contributed by atoms with E-state index in [-0.39, 0.29) is 12.6 Å². The summed E-state index contributed by atoms with van der Waals surface area (Å²) in [7, 11) is -4.14. The van der Waals surface area contributed by atoms with Crippen molar-refractivity contribution in [3.8, 4) is 0 Å². The van der Waals surface area contributed by atoms with Gasteiger partial charge < -0.3 is 16.6 Å². The van der Waals surface area contributed by atoms with Crippen LogP contribution in [0.25, 0.3) is 0 Å². The van der Waals surface area contributed by atoms with Gasteiger partial charge in [0.25, 0.3) is 0 Å². The van der Waals surface area contributed by atoms with Crippen LogP contribution in [0.3, 0.4) is 0 Å². The van der Waals surface area contributed by atoms with E-state index in [0.29, 0.717) is 12.1 Å². The van der Waals surface area contributed by atoms with Crippen molar-refractivity contribution in [1.29, 1.82) is 0 Å². The molecule has 0 amide bonds. The largest absolute Gasteiger partial charge is 0.396 e. The molecule has 0 aromatic rings. The Hall–Kier alpha value is 0.0975. The van der Waals surface area contributed by atoms with Crippen molar-refractivity contribution >= 4 is 35.4 Å². The lowest BCUT2D eigenvalue weighted by Crippen LogP contribution is -2.85. The van der Waals surface area contributed by atoms with Crippen LogP contribution in [0.15, 0.2) is 4.99 Å². The summed E-state index contributed by atoms with van der Waals surface area (Å²) in [5.41, 5.74) is 11.8. The Labute approximate surface area is 141 Å². The van der Waals surface area contributed by atoms with Crippen LogP contribution in [-0.4, -0.2) is 53.6 Å². The molecule has 0 heterocycles. The first-order valence-corrected chi connectivity index (χ1v) is 23.9. The van der Waals surface area contributed by atoms with Crippen molar-refractivity contribution in [2.45, 2.75) is 70.9 Å². The molecule has 0 fully saturated rings. The first-order chi connectivity index (χ1) is 9.63. The smallest absolute Gasteiger partial charge is 0.185 e. The fourth-order valence-corrected chi connectivity index (χ4v) is 112. The first-order valence-electron chi connectivity index (χ1n) is 8.29. The number of guanidine groups is 1. The van der Waals surface area contributed by atoms with Gasteiger partial charge in [0.2, 0.25) is 0 Å². The maximum absolute atomic E-state index is 9.72. The minimum Gasteiger partial charge on any atom is -0.396 e. The van der Waals surface area contributed by atoms with Gasteiger partial charge in [0.15, 0.2) is 5.96 Å². The van der Waals surface area contributed by atoms with Crippen molar-refractivity contribution in [1.82, 2.24) is 0 Å². The molecule has 4 nitrogen and oxygen atoms in total. The highest BCUT2D eigenvalue weighted by Gasteiger charge is 2.64. The van der Waals surface area contributed by atoms with Crippen molar-refractivity contribution in [3.05, 3.63) is 0 Å². The quantitative estimate of drug-likeness (QED) is 0.345. The molecule has 8 heteroatoms. The lowest BCUT2D eigenvalue weighted by atomic mass is 10.3. The van der Waals surface area contributed by atoms with Gasteiger partial charge in [0, 0.05) is 42.6 Å². The minimum absolute atomic E-state index is 0.188. The van der Waals surface area contributed by atoms with Gasteiger partial charge in [-0.25, -0.2) is 0 Å². The standard InChI is InChI=1S/C14H39N3OSi4/c1-19(2,3)22(20(4,5)6,21(7,8)9)13(10-11-18)12-17-14(15)16/h13,18H,10-12H2,1-9H3,(H4,15,16,17). The third kappa shape index (κ3) is 4.34. The van der Waals surface area contributed by atoms with Crippen LogP contribution in [-0.2, 0) is 0 Å². The SMILES string of the molecule is C[Si](C)(C)[Si](C(CCO)CN=C(N)N)([Si](C)(C)C)[Si](C)(C)C. The summed E-state index contributed by atoms with van der Waals surface area (Å²) >= 11 is 0. The number of nitrogens with zero attached hydrogens (tertiary/aromatic N) is 1. The zero-order valence-corrected chi connectivity index (χ0v) is 20.2. The van der Waals surface area contributed by atoms with Crippen LogP contribution in [0.4, 0.5) is 0 Å². The molecule has 0 spiro atoms. The second kappa shape index (κ2) is 7.33. The predicted molar refractivity (Wildman–Crippen MR) is 112 cm³/mol. The summed E-state index contributed by atoms with van der Waals surface area (Å²) in [6.07, 6.45) is 0.863. The Kier molecular flexibility index (Phi) is 7.36. The molecule has 1 atom stereocenters. The van der Waals surface area contributed by atoms with Crippen LogP contribution in [0.2, 0.25) is 64.5 Å². The van der Waals surface area contributed by atoms with Crippen LogP contribution in [0, 0.1) is 0 Å². The average Bonchev–Trinajstić information content (AvgIpc) is 2.20. The first kappa shape index (κ1) is 22.1. The van der Waals surface area contributed by atoms with Crippen LogP contribution in [0.1, 0.15) is 6.42 Å². The molecule has 5 N–H and O–H groups in total. The zero-order valence-electron chi connectivity index (χ0n) is 16.2. The Morgan fingerprint density at radius 3 is 1.45 bits per heavy atom. The molecule has 0 bridgehead atoms. The van der Waals surface area contributed by atoms with Gasteiger partial charge in [0.1, 0.15) is 0 Å². The molecule has 0 aliphatic heterocycles. The molecule has 0 rings (SSSR count). The Morgan fingerprint density at radius 2 is 1.23 bits per heavy atom. The van der Waals surface area contributed by atoms with E-state index in [0.717, 1.165) is 6.42 Å². The van der Waals surface area contributed by atoms with E-state index in [1.807, 2.05) is 0 Å². The number of aliphatic imine (C=N–C) groups is 1. The lowest BCUT2D eigenvalue weighted by Gasteiger charge is -2.61. The molecule has 0 saturated carbocycles. The van der Waals surface area contributed by atoms with Gasteiger partial charge in [-0.05, 0) is 12.0 Å². The Balaban J connectivity index is 6.38. The van der Waals surface area contributed by atoms with E-state index in [1.165, 1.54) is 0 Å². The van der Waals surface area contributed by atoms with Crippen molar-refractivity contribution in [2.24, 2.45) is 16.5 Å². The number of rotatable bonds is 8. The van der Waals surface area contributed by atoms with E-state index < -0.39 is 29.4 Å². The van der Waals surface area contributed by atoms with Gasteiger partial charge in [-0.2, -0.15) is 0 Å². The molecule has 0 aliphatic carbocycles. The summed E-state index contributed by atoms with van der Waals surface area (Å²) in [5.74, 6) is 0.188. The molecule has 0 saturated heterocycles. The van der Waals surface area contributed by atoms with Crippen LogP contribution >= 0.6 is 0 Å². The molecule has 0 radical (unpaired) electrons. The normalized spacial score (nSPS) is 15.5.